The maximum absolute atomic E-state index is 9.17. The average molecular weight is 430 g/mol. The predicted octanol–water partition coefficient (Wildman–Crippen LogP) is 3.70. The van der Waals surface area contributed by atoms with Crippen LogP contribution in [0.1, 0.15) is 12.0 Å². The van der Waals surface area contributed by atoms with Gasteiger partial charge in [-0.1, -0.05) is 11.6 Å². The van der Waals surface area contributed by atoms with E-state index >= 15 is 0 Å². The van der Waals surface area contributed by atoms with E-state index in [4.69, 9.17) is 27.6 Å². The number of hydrogen-bond acceptors (Lipinski definition) is 7. The number of benzene rings is 2. The van der Waals surface area contributed by atoms with Gasteiger partial charge in [0.2, 0.25) is 5.95 Å². The number of nitrogens with one attached hydrogen (secondary N) is 2. The molecule has 4 N–H and O–H groups in total. The number of nitrogens with two attached hydrogens (primary N) is 1. The van der Waals surface area contributed by atoms with Gasteiger partial charge in [0.25, 0.3) is 0 Å². The Kier molecular flexibility index (Phi) is 6.28. The second-order valence-electron chi connectivity index (χ2n) is 6.83. The predicted molar refractivity (Wildman–Crippen MR) is 120 cm³/mol. The average Bonchev–Trinajstić information content (AvgIpc) is 3.15. The second kappa shape index (κ2) is 8.70. The normalized spacial score (nSPS) is 15.8. The molecule has 1 aliphatic heterocycles. The van der Waals surface area contributed by atoms with Crippen LogP contribution in [0.4, 0.5) is 23.1 Å². The molecule has 2 aromatic carbocycles. The highest BCUT2D eigenvalue weighted by Gasteiger charge is 2.24. The summed E-state index contributed by atoms with van der Waals surface area (Å²) in [7, 11) is 1.98. The van der Waals surface area contributed by atoms with Crippen LogP contribution < -0.4 is 21.3 Å². The molecule has 1 saturated heterocycles. The Morgan fingerprint density at radius 2 is 2.07 bits per heavy atom. The molecule has 0 saturated carbocycles. The first kappa shape index (κ1) is 20.9. The zero-order valence-corrected chi connectivity index (χ0v) is 17.4. The summed E-state index contributed by atoms with van der Waals surface area (Å²) in [5, 5.41) is 17.3. The van der Waals surface area contributed by atoms with E-state index < -0.39 is 0 Å². The first-order chi connectivity index (χ1) is 13.6. The van der Waals surface area contributed by atoms with Gasteiger partial charge in [0.1, 0.15) is 5.82 Å². The second-order valence-corrected chi connectivity index (χ2v) is 7.27. The lowest BCUT2D eigenvalue weighted by molar-refractivity contribution is 0.616. The molecule has 1 atom stereocenters. The Labute approximate surface area is 180 Å². The Hall–Kier alpha value is -2.79. The lowest BCUT2D eigenvalue weighted by atomic mass is 10.2. The molecule has 0 aliphatic carbocycles. The van der Waals surface area contributed by atoms with Crippen LogP contribution in [0.25, 0.3) is 10.9 Å². The fraction of sp³-hybridized carbons (Fsp3) is 0.250. The zero-order chi connectivity index (χ0) is 19.7. The summed E-state index contributed by atoms with van der Waals surface area (Å²) in [6.45, 7) is 1.79. The van der Waals surface area contributed by atoms with Crippen molar-refractivity contribution in [3.05, 3.63) is 47.0 Å². The van der Waals surface area contributed by atoms with E-state index in [-0.39, 0.29) is 12.4 Å². The number of nitriles is 1. The SMILES string of the molecule is CNC1CCN(c2nc(Nc3cc(N)cc(C#N)c3)nc3cc(Cl)ccc23)C1.Cl. The first-order valence-electron chi connectivity index (χ1n) is 9.03. The summed E-state index contributed by atoms with van der Waals surface area (Å²) in [6.07, 6.45) is 1.05. The van der Waals surface area contributed by atoms with Crippen molar-refractivity contribution in [1.82, 2.24) is 15.3 Å². The van der Waals surface area contributed by atoms with Crippen LogP contribution >= 0.6 is 24.0 Å². The topological polar surface area (TPSA) is 103 Å². The summed E-state index contributed by atoms with van der Waals surface area (Å²) in [5.41, 5.74) is 8.30. The molecule has 29 heavy (non-hydrogen) atoms. The first-order valence-corrected chi connectivity index (χ1v) is 9.40. The molecule has 0 spiro atoms. The van der Waals surface area contributed by atoms with E-state index in [0.717, 1.165) is 36.2 Å². The fourth-order valence-electron chi connectivity index (χ4n) is 3.49. The van der Waals surface area contributed by atoms with E-state index in [1.807, 2.05) is 25.2 Å². The lowest BCUT2D eigenvalue weighted by Crippen LogP contribution is -2.30. The van der Waals surface area contributed by atoms with E-state index in [1.54, 1.807) is 18.2 Å². The van der Waals surface area contributed by atoms with Crippen molar-refractivity contribution in [2.24, 2.45) is 0 Å². The van der Waals surface area contributed by atoms with Crippen LogP contribution in [0.2, 0.25) is 5.02 Å². The smallest absolute Gasteiger partial charge is 0.229 e. The largest absolute Gasteiger partial charge is 0.399 e. The number of fused-ring (bicyclic) bond motifs is 1. The fourth-order valence-corrected chi connectivity index (χ4v) is 3.66. The van der Waals surface area contributed by atoms with Crippen LogP contribution in [0.3, 0.4) is 0 Å². The van der Waals surface area contributed by atoms with Gasteiger partial charge in [0.15, 0.2) is 0 Å². The minimum Gasteiger partial charge on any atom is -0.399 e. The van der Waals surface area contributed by atoms with Crippen molar-refractivity contribution in [2.75, 3.05) is 36.1 Å². The molecule has 1 fully saturated rings. The Bertz CT molecular complexity index is 1080. The molecule has 9 heteroatoms. The van der Waals surface area contributed by atoms with Gasteiger partial charge in [-0.25, -0.2) is 4.98 Å². The molecule has 1 aromatic heterocycles. The Morgan fingerprint density at radius 1 is 1.24 bits per heavy atom. The monoisotopic (exact) mass is 429 g/mol. The third-order valence-corrected chi connectivity index (χ3v) is 5.11. The number of rotatable bonds is 4. The molecule has 0 radical (unpaired) electrons. The van der Waals surface area contributed by atoms with Crippen molar-refractivity contribution in [1.29, 1.82) is 5.26 Å². The number of nitrogen functional groups attached to an aromatic ring is 1. The summed E-state index contributed by atoms with van der Waals surface area (Å²) in [5.74, 6) is 1.30. The number of hydrogen-bond donors (Lipinski definition) is 3. The molecule has 4 rings (SSSR count). The van der Waals surface area contributed by atoms with E-state index in [1.165, 1.54) is 0 Å². The number of anilines is 4. The van der Waals surface area contributed by atoms with E-state index in [0.29, 0.717) is 34.0 Å². The highest BCUT2D eigenvalue weighted by Crippen LogP contribution is 2.31. The highest BCUT2D eigenvalue weighted by atomic mass is 35.5. The maximum Gasteiger partial charge on any atom is 0.229 e. The molecule has 1 unspecified atom stereocenters. The summed E-state index contributed by atoms with van der Waals surface area (Å²) in [4.78, 5) is 11.6. The number of halogens is 2. The molecule has 3 aromatic rings. The lowest BCUT2D eigenvalue weighted by Gasteiger charge is -2.20. The van der Waals surface area contributed by atoms with Crippen LogP contribution in [0.5, 0.6) is 0 Å². The summed E-state index contributed by atoms with van der Waals surface area (Å²) in [6, 6.07) is 13.3. The van der Waals surface area contributed by atoms with Gasteiger partial charge in [-0.05, 0) is 49.9 Å². The molecule has 7 nitrogen and oxygen atoms in total. The van der Waals surface area contributed by atoms with Crippen molar-refractivity contribution in [2.45, 2.75) is 12.5 Å². The van der Waals surface area contributed by atoms with E-state index in [2.05, 4.69) is 26.6 Å². The molecular weight excluding hydrogens is 409 g/mol. The van der Waals surface area contributed by atoms with Gasteiger partial charge in [-0.3, -0.25) is 0 Å². The van der Waals surface area contributed by atoms with Gasteiger partial charge >= 0.3 is 0 Å². The molecule has 150 valence electrons. The minimum atomic E-state index is 0. The van der Waals surface area contributed by atoms with Gasteiger partial charge in [0.05, 0.1) is 17.1 Å². The molecule has 0 amide bonds. The Balaban J connectivity index is 0.00000240. The third kappa shape index (κ3) is 4.46. The number of likely N-dealkylation sites (N-methyl/N-ethyl adjacent to an activating group) is 1. The maximum atomic E-state index is 9.17. The third-order valence-electron chi connectivity index (χ3n) is 4.88. The van der Waals surface area contributed by atoms with Gasteiger partial charge < -0.3 is 21.3 Å². The number of nitrogens with zero attached hydrogens (tertiary/aromatic N) is 4. The molecular formula is C20H21Cl2N7. The highest BCUT2D eigenvalue weighted by molar-refractivity contribution is 6.31. The zero-order valence-electron chi connectivity index (χ0n) is 15.8. The van der Waals surface area contributed by atoms with Crippen molar-refractivity contribution in [3.63, 3.8) is 0 Å². The minimum absolute atomic E-state index is 0. The van der Waals surface area contributed by atoms with Gasteiger partial charge in [0, 0.05) is 40.9 Å². The van der Waals surface area contributed by atoms with Gasteiger partial charge in [-0.2, -0.15) is 10.2 Å². The van der Waals surface area contributed by atoms with Crippen LogP contribution in [0.15, 0.2) is 36.4 Å². The van der Waals surface area contributed by atoms with E-state index in [9.17, 15) is 0 Å². The van der Waals surface area contributed by atoms with Crippen LogP contribution in [-0.4, -0.2) is 36.1 Å². The quantitative estimate of drug-likeness (QED) is 0.543. The Morgan fingerprint density at radius 3 is 2.79 bits per heavy atom. The molecule has 2 heterocycles. The van der Waals surface area contributed by atoms with Crippen LogP contribution in [0, 0.1) is 11.3 Å². The summed E-state index contributed by atoms with van der Waals surface area (Å²) >= 11 is 6.19. The van der Waals surface area contributed by atoms with Crippen molar-refractivity contribution < 1.29 is 0 Å². The van der Waals surface area contributed by atoms with Gasteiger partial charge in [-0.15, -0.1) is 12.4 Å². The summed E-state index contributed by atoms with van der Waals surface area (Å²) < 4.78 is 0. The molecule has 1 aliphatic rings. The standard InChI is InChI=1S/C20H20ClN7.ClH/c1-24-15-4-5-28(11-15)19-17-3-2-13(21)8-18(17)26-20(27-19)25-16-7-12(10-22)6-14(23)9-16;/h2-3,6-9,15,24H,4-5,11,23H2,1H3,(H,25,26,27);1H. The van der Waals surface area contributed by atoms with Crippen molar-refractivity contribution >= 4 is 58.1 Å². The number of aromatic nitrogens is 2. The van der Waals surface area contributed by atoms with Crippen molar-refractivity contribution in [3.8, 4) is 6.07 Å². The van der Waals surface area contributed by atoms with Crippen LogP contribution in [-0.2, 0) is 0 Å². The molecule has 0 bridgehead atoms.